The van der Waals surface area contributed by atoms with Gasteiger partial charge < -0.3 is 10.1 Å². The molecular weight excluding hydrogens is 396 g/mol. The van der Waals surface area contributed by atoms with Crippen LogP contribution in [0.3, 0.4) is 0 Å². The lowest BCUT2D eigenvalue weighted by Gasteiger charge is -2.07. The Hall–Kier alpha value is -2.06. The van der Waals surface area contributed by atoms with Crippen molar-refractivity contribution in [2.75, 3.05) is 18.2 Å². The van der Waals surface area contributed by atoms with Crippen molar-refractivity contribution in [3.05, 3.63) is 62.6 Å². The van der Waals surface area contributed by atoms with E-state index in [4.69, 9.17) is 4.74 Å². The Morgan fingerprint density at radius 1 is 1.33 bits per heavy atom. The minimum atomic E-state index is -0.494. The van der Waals surface area contributed by atoms with E-state index in [-0.39, 0.29) is 17.3 Å². The van der Waals surface area contributed by atoms with Crippen LogP contribution in [0, 0.1) is 10.1 Å². The average Bonchev–Trinajstić information content (AvgIpc) is 2.55. The zero-order valence-electron chi connectivity index (χ0n) is 12.8. The SMILES string of the molecule is COc1ccc(CSCC(=O)Nc2cccc([N+](=O)[O-])c2)cc1Br. The van der Waals surface area contributed by atoms with Crippen LogP contribution < -0.4 is 10.1 Å². The molecule has 1 amide bonds. The van der Waals surface area contributed by atoms with Crippen LogP contribution in [-0.2, 0) is 10.5 Å². The van der Waals surface area contributed by atoms with Crippen molar-refractivity contribution >= 4 is 45.0 Å². The third-order valence-corrected chi connectivity index (χ3v) is 4.68. The largest absolute Gasteiger partial charge is 0.496 e. The molecule has 0 spiro atoms. The van der Waals surface area contributed by atoms with Gasteiger partial charge in [0.05, 0.1) is 22.3 Å². The third kappa shape index (κ3) is 5.24. The summed E-state index contributed by atoms with van der Waals surface area (Å²) in [5.41, 5.74) is 1.43. The van der Waals surface area contributed by atoms with Crippen LogP contribution in [0.25, 0.3) is 0 Å². The van der Waals surface area contributed by atoms with Crippen molar-refractivity contribution in [2.45, 2.75) is 5.75 Å². The van der Waals surface area contributed by atoms with Crippen molar-refractivity contribution in [3.8, 4) is 5.75 Å². The molecule has 0 radical (unpaired) electrons. The van der Waals surface area contributed by atoms with Gasteiger partial charge >= 0.3 is 0 Å². The van der Waals surface area contributed by atoms with Gasteiger partial charge in [0.15, 0.2) is 0 Å². The number of amides is 1. The predicted molar refractivity (Wildman–Crippen MR) is 98.6 cm³/mol. The lowest BCUT2D eigenvalue weighted by molar-refractivity contribution is -0.384. The normalized spacial score (nSPS) is 10.2. The van der Waals surface area contributed by atoms with Crippen LogP contribution in [0.4, 0.5) is 11.4 Å². The van der Waals surface area contributed by atoms with Crippen LogP contribution in [0.15, 0.2) is 46.9 Å². The number of carbonyl (C=O) groups excluding carboxylic acids is 1. The van der Waals surface area contributed by atoms with Gasteiger partial charge in [0.25, 0.3) is 5.69 Å². The Kier molecular flexibility index (Phi) is 6.62. The van der Waals surface area contributed by atoms with Crippen molar-refractivity contribution in [1.82, 2.24) is 0 Å². The average molecular weight is 411 g/mol. The van der Waals surface area contributed by atoms with E-state index in [1.807, 2.05) is 18.2 Å². The molecule has 1 N–H and O–H groups in total. The summed E-state index contributed by atoms with van der Waals surface area (Å²) in [6.45, 7) is 0. The number of anilines is 1. The summed E-state index contributed by atoms with van der Waals surface area (Å²) >= 11 is 4.88. The number of nitro groups is 1. The molecule has 2 aromatic carbocycles. The van der Waals surface area contributed by atoms with Gasteiger partial charge in [0.1, 0.15) is 5.75 Å². The zero-order chi connectivity index (χ0) is 17.5. The lowest BCUT2D eigenvalue weighted by Crippen LogP contribution is -2.14. The van der Waals surface area contributed by atoms with Gasteiger partial charge in [-0.3, -0.25) is 14.9 Å². The van der Waals surface area contributed by atoms with Crippen LogP contribution in [0.2, 0.25) is 0 Å². The van der Waals surface area contributed by atoms with E-state index in [0.29, 0.717) is 11.4 Å². The van der Waals surface area contributed by atoms with Crippen molar-refractivity contribution in [3.63, 3.8) is 0 Å². The number of nitrogens with zero attached hydrogens (tertiary/aromatic N) is 1. The number of hydrogen-bond donors (Lipinski definition) is 1. The Bertz CT molecular complexity index is 755. The molecule has 0 aliphatic rings. The zero-order valence-corrected chi connectivity index (χ0v) is 15.2. The van der Waals surface area contributed by atoms with Gasteiger partial charge in [0, 0.05) is 23.6 Å². The smallest absolute Gasteiger partial charge is 0.271 e. The number of nitro benzene ring substituents is 1. The molecule has 0 heterocycles. The van der Waals surface area contributed by atoms with Crippen molar-refractivity contribution in [1.29, 1.82) is 0 Å². The van der Waals surface area contributed by atoms with E-state index < -0.39 is 4.92 Å². The molecule has 0 aromatic heterocycles. The van der Waals surface area contributed by atoms with Gasteiger partial charge in [-0.25, -0.2) is 0 Å². The van der Waals surface area contributed by atoms with Gasteiger partial charge in [0.2, 0.25) is 5.91 Å². The Morgan fingerprint density at radius 2 is 2.12 bits per heavy atom. The molecule has 2 aromatic rings. The molecule has 8 heteroatoms. The minimum absolute atomic E-state index is 0.0523. The van der Waals surface area contributed by atoms with E-state index in [1.54, 1.807) is 13.2 Å². The second-order valence-electron chi connectivity index (χ2n) is 4.82. The molecule has 24 heavy (non-hydrogen) atoms. The maximum absolute atomic E-state index is 11.9. The molecule has 0 saturated heterocycles. The van der Waals surface area contributed by atoms with Crippen LogP contribution in [-0.4, -0.2) is 23.7 Å². The summed E-state index contributed by atoms with van der Waals surface area (Å²) in [5.74, 6) is 1.48. The standard InChI is InChI=1S/C16H15BrN2O4S/c1-23-15-6-5-11(7-14(15)17)9-24-10-16(20)18-12-3-2-4-13(8-12)19(21)22/h2-8H,9-10H2,1H3,(H,18,20). The van der Waals surface area contributed by atoms with E-state index in [2.05, 4.69) is 21.2 Å². The number of nitrogens with one attached hydrogen (secondary N) is 1. The van der Waals surface area contributed by atoms with Gasteiger partial charge in [-0.2, -0.15) is 0 Å². The van der Waals surface area contributed by atoms with E-state index >= 15 is 0 Å². The Balaban J connectivity index is 1.84. The molecule has 0 fully saturated rings. The van der Waals surface area contributed by atoms with Crippen LogP contribution in [0.1, 0.15) is 5.56 Å². The van der Waals surface area contributed by atoms with Gasteiger partial charge in [-0.15, -0.1) is 11.8 Å². The van der Waals surface area contributed by atoms with Crippen molar-refractivity contribution in [2.24, 2.45) is 0 Å². The number of ether oxygens (including phenoxy) is 1. The number of rotatable bonds is 7. The number of benzene rings is 2. The number of non-ortho nitro benzene ring substituents is 1. The Labute approximate surface area is 151 Å². The Morgan fingerprint density at radius 3 is 2.79 bits per heavy atom. The molecule has 2 rings (SSSR count). The second-order valence-corrected chi connectivity index (χ2v) is 6.66. The highest BCUT2D eigenvalue weighted by Crippen LogP contribution is 2.27. The van der Waals surface area contributed by atoms with Gasteiger partial charge in [-0.05, 0) is 39.7 Å². The maximum atomic E-state index is 11.9. The topological polar surface area (TPSA) is 81.5 Å². The summed E-state index contributed by atoms with van der Waals surface area (Å²) in [7, 11) is 1.60. The van der Waals surface area contributed by atoms with Crippen molar-refractivity contribution < 1.29 is 14.5 Å². The molecule has 0 saturated carbocycles. The number of carbonyl (C=O) groups is 1. The molecule has 0 atom stereocenters. The fourth-order valence-electron chi connectivity index (χ4n) is 1.96. The summed E-state index contributed by atoms with van der Waals surface area (Å²) in [6, 6.07) is 11.6. The molecule has 126 valence electrons. The van der Waals surface area contributed by atoms with E-state index in [9.17, 15) is 14.9 Å². The summed E-state index contributed by atoms with van der Waals surface area (Å²) in [4.78, 5) is 22.1. The highest BCUT2D eigenvalue weighted by atomic mass is 79.9. The summed E-state index contributed by atoms with van der Waals surface area (Å²) < 4.78 is 6.03. The molecular formula is C16H15BrN2O4S. The highest BCUT2D eigenvalue weighted by molar-refractivity contribution is 9.10. The van der Waals surface area contributed by atoms with Gasteiger partial charge in [-0.1, -0.05) is 12.1 Å². The molecule has 0 aliphatic carbocycles. The lowest BCUT2D eigenvalue weighted by atomic mass is 10.2. The first-order valence-electron chi connectivity index (χ1n) is 6.94. The number of thioether (sulfide) groups is 1. The first-order chi connectivity index (χ1) is 11.5. The van der Waals surface area contributed by atoms with Crippen LogP contribution in [0.5, 0.6) is 5.75 Å². The molecule has 0 unspecified atom stereocenters. The highest BCUT2D eigenvalue weighted by Gasteiger charge is 2.09. The first kappa shape index (κ1) is 18.3. The number of halogens is 1. The molecule has 0 bridgehead atoms. The fourth-order valence-corrected chi connectivity index (χ4v) is 3.32. The molecule has 6 nitrogen and oxygen atoms in total. The maximum Gasteiger partial charge on any atom is 0.271 e. The third-order valence-electron chi connectivity index (χ3n) is 3.06. The fraction of sp³-hybridized carbons (Fsp3) is 0.188. The minimum Gasteiger partial charge on any atom is -0.496 e. The first-order valence-corrected chi connectivity index (χ1v) is 8.89. The number of hydrogen-bond acceptors (Lipinski definition) is 5. The number of methoxy groups -OCH3 is 1. The van der Waals surface area contributed by atoms with E-state index in [0.717, 1.165) is 15.8 Å². The predicted octanol–water partition coefficient (Wildman–Crippen LogP) is 4.24. The monoisotopic (exact) mass is 410 g/mol. The molecule has 0 aliphatic heterocycles. The second kappa shape index (κ2) is 8.70. The quantitative estimate of drug-likeness (QED) is 0.545. The summed E-state index contributed by atoms with van der Waals surface area (Å²) in [6.07, 6.45) is 0. The van der Waals surface area contributed by atoms with Crippen LogP contribution >= 0.6 is 27.7 Å². The summed E-state index contributed by atoms with van der Waals surface area (Å²) in [5, 5.41) is 13.4. The van der Waals surface area contributed by atoms with E-state index in [1.165, 1.54) is 30.0 Å².